The van der Waals surface area contributed by atoms with Gasteiger partial charge in [0.15, 0.2) is 0 Å². The van der Waals surface area contributed by atoms with Gasteiger partial charge in [0.05, 0.1) is 5.60 Å². The van der Waals surface area contributed by atoms with Crippen LogP contribution in [-0.4, -0.2) is 35.7 Å². The molecule has 4 nitrogen and oxygen atoms in total. The molecule has 1 fully saturated rings. The van der Waals surface area contributed by atoms with Crippen LogP contribution in [0.25, 0.3) is 0 Å². The summed E-state index contributed by atoms with van der Waals surface area (Å²) in [5.74, 6) is -1.35. The fourth-order valence-corrected chi connectivity index (χ4v) is 2.23. The van der Waals surface area contributed by atoms with E-state index in [2.05, 4.69) is 16.7 Å². The second-order valence-electron chi connectivity index (χ2n) is 6.07. The van der Waals surface area contributed by atoms with Crippen molar-refractivity contribution >= 4 is 0 Å². The zero-order chi connectivity index (χ0) is 13.2. The summed E-state index contributed by atoms with van der Waals surface area (Å²) in [7, 11) is 0. The van der Waals surface area contributed by atoms with Crippen LogP contribution >= 0.6 is 0 Å². The molecule has 0 aromatic carbocycles. The standard InChI is InChI=1S/C14H24N2O2/c1-13(2,3)18-14(17,16-12-9-15-10-12)11-7-5-4-6-8-11/h4-7,11-12,15-17H,8-10H2,1-3H3/t11-,14-/m1/s1. The Labute approximate surface area is 109 Å². The van der Waals surface area contributed by atoms with E-state index in [1.807, 2.05) is 39.0 Å². The summed E-state index contributed by atoms with van der Waals surface area (Å²) in [6.07, 6.45) is 8.81. The van der Waals surface area contributed by atoms with Crippen molar-refractivity contribution in [1.82, 2.24) is 10.6 Å². The maximum atomic E-state index is 10.9. The SMILES string of the molecule is CC(C)(C)O[C@@](O)(NC1CNC1)[C@@H]1C=CC=CC1. The molecule has 0 radical (unpaired) electrons. The lowest BCUT2D eigenvalue weighted by atomic mass is 9.94. The summed E-state index contributed by atoms with van der Waals surface area (Å²) in [4.78, 5) is 0. The fraction of sp³-hybridized carbons (Fsp3) is 0.714. The molecule has 0 aromatic rings. The quantitative estimate of drug-likeness (QED) is 0.657. The van der Waals surface area contributed by atoms with Gasteiger partial charge in [0.25, 0.3) is 0 Å². The fourth-order valence-electron chi connectivity index (χ4n) is 2.23. The molecule has 2 atom stereocenters. The van der Waals surface area contributed by atoms with Crippen molar-refractivity contribution in [3.8, 4) is 0 Å². The third-order valence-corrected chi connectivity index (χ3v) is 3.14. The van der Waals surface area contributed by atoms with Gasteiger partial charge in [-0.15, -0.1) is 0 Å². The normalized spacial score (nSPS) is 27.9. The van der Waals surface area contributed by atoms with Crippen LogP contribution in [0.1, 0.15) is 27.2 Å². The molecule has 1 heterocycles. The van der Waals surface area contributed by atoms with Crippen molar-refractivity contribution in [2.24, 2.45) is 5.92 Å². The number of ether oxygens (including phenoxy) is 1. The molecule has 2 aliphatic rings. The Morgan fingerprint density at radius 2 is 2.00 bits per heavy atom. The summed E-state index contributed by atoms with van der Waals surface area (Å²) in [5, 5.41) is 17.3. The first-order valence-corrected chi connectivity index (χ1v) is 6.63. The number of rotatable bonds is 4. The predicted octanol–water partition coefficient (Wildman–Crippen LogP) is 1.14. The smallest absolute Gasteiger partial charge is 0.232 e. The molecule has 1 aliphatic carbocycles. The predicted molar refractivity (Wildman–Crippen MR) is 72.0 cm³/mol. The van der Waals surface area contributed by atoms with Crippen molar-refractivity contribution < 1.29 is 9.84 Å². The van der Waals surface area contributed by atoms with Crippen LogP contribution in [0.15, 0.2) is 24.3 Å². The van der Waals surface area contributed by atoms with Gasteiger partial charge in [-0.05, 0) is 27.2 Å². The molecule has 3 N–H and O–H groups in total. The largest absolute Gasteiger partial charge is 0.353 e. The number of aliphatic hydroxyl groups is 1. The molecule has 1 aliphatic heterocycles. The average Bonchev–Trinajstić information content (AvgIpc) is 2.23. The Morgan fingerprint density at radius 1 is 1.28 bits per heavy atom. The van der Waals surface area contributed by atoms with Crippen LogP contribution in [0.4, 0.5) is 0 Å². The molecule has 4 heteroatoms. The summed E-state index contributed by atoms with van der Waals surface area (Å²) < 4.78 is 5.90. The minimum Gasteiger partial charge on any atom is -0.353 e. The lowest BCUT2D eigenvalue weighted by molar-refractivity contribution is -0.295. The van der Waals surface area contributed by atoms with E-state index in [1.165, 1.54) is 0 Å². The van der Waals surface area contributed by atoms with Gasteiger partial charge in [0.2, 0.25) is 5.91 Å². The number of nitrogens with one attached hydrogen (secondary N) is 2. The molecule has 102 valence electrons. The van der Waals surface area contributed by atoms with Crippen molar-refractivity contribution in [2.45, 2.75) is 44.7 Å². The molecule has 0 saturated carbocycles. The lowest BCUT2D eigenvalue weighted by Crippen LogP contribution is -2.67. The molecule has 2 rings (SSSR count). The molecular weight excluding hydrogens is 228 g/mol. The van der Waals surface area contributed by atoms with E-state index in [4.69, 9.17) is 4.74 Å². The Hall–Kier alpha value is -0.680. The van der Waals surface area contributed by atoms with Crippen LogP contribution in [0.2, 0.25) is 0 Å². The van der Waals surface area contributed by atoms with Gasteiger partial charge < -0.3 is 15.2 Å². The van der Waals surface area contributed by atoms with Crippen LogP contribution in [0, 0.1) is 5.92 Å². The average molecular weight is 252 g/mol. The zero-order valence-electron chi connectivity index (χ0n) is 11.4. The third kappa shape index (κ3) is 3.42. The van der Waals surface area contributed by atoms with E-state index in [1.54, 1.807) is 0 Å². The van der Waals surface area contributed by atoms with Crippen LogP contribution in [0.5, 0.6) is 0 Å². The first-order valence-electron chi connectivity index (χ1n) is 6.63. The summed E-state index contributed by atoms with van der Waals surface area (Å²) in [5.41, 5.74) is -0.395. The summed E-state index contributed by atoms with van der Waals surface area (Å²) in [6.45, 7) is 7.63. The van der Waals surface area contributed by atoms with Crippen molar-refractivity contribution in [1.29, 1.82) is 0 Å². The molecule has 0 amide bonds. The van der Waals surface area contributed by atoms with Crippen molar-refractivity contribution in [2.75, 3.05) is 13.1 Å². The molecule has 0 spiro atoms. The van der Waals surface area contributed by atoms with Crippen molar-refractivity contribution in [3.63, 3.8) is 0 Å². The van der Waals surface area contributed by atoms with Gasteiger partial charge in [0, 0.05) is 25.0 Å². The van der Waals surface area contributed by atoms with E-state index >= 15 is 0 Å². The molecule has 0 aromatic heterocycles. The highest BCUT2D eigenvalue weighted by molar-refractivity contribution is 5.13. The number of allylic oxidation sites excluding steroid dienone is 3. The minimum absolute atomic E-state index is 0.0534. The highest BCUT2D eigenvalue weighted by atomic mass is 16.7. The first-order chi connectivity index (χ1) is 8.39. The molecule has 18 heavy (non-hydrogen) atoms. The van der Waals surface area contributed by atoms with E-state index in [0.29, 0.717) is 0 Å². The minimum atomic E-state index is -1.30. The first kappa shape index (κ1) is 13.7. The van der Waals surface area contributed by atoms with Crippen LogP contribution in [0.3, 0.4) is 0 Å². The third-order valence-electron chi connectivity index (χ3n) is 3.14. The lowest BCUT2D eigenvalue weighted by Gasteiger charge is -2.44. The van der Waals surface area contributed by atoms with Gasteiger partial charge in [-0.2, -0.15) is 0 Å². The Bertz CT molecular complexity index is 342. The highest BCUT2D eigenvalue weighted by Crippen LogP contribution is 2.29. The summed E-state index contributed by atoms with van der Waals surface area (Å²) >= 11 is 0. The van der Waals surface area contributed by atoms with Gasteiger partial charge in [-0.3, -0.25) is 5.32 Å². The Balaban J connectivity index is 2.09. The Kier molecular flexibility index (Phi) is 3.92. The van der Waals surface area contributed by atoms with Crippen LogP contribution < -0.4 is 10.6 Å². The number of hydrogen-bond acceptors (Lipinski definition) is 4. The molecule has 1 saturated heterocycles. The highest BCUT2D eigenvalue weighted by Gasteiger charge is 2.42. The number of hydrogen-bond donors (Lipinski definition) is 3. The monoisotopic (exact) mass is 252 g/mol. The van der Waals surface area contributed by atoms with E-state index < -0.39 is 11.5 Å². The topological polar surface area (TPSA) is 53.5 Å². The van der Waals surface area contributed by atoms with E-state index in [0.717, 1.165) is 19.5 Å². The van der Waals surface area contributed by atoms with Gasteiger partial charge in [0.1, 0.15) is 0 Å². The second-order valence-corrected chi connectivity index (χ2v) is 6.07. The molecular formula is C14H24N2O2. The van der Waals surface area contributed by atoms with E-state index in [-0.39, 0.29) is 12.0 Å². The Morgan fingerprint density at radius 3 is 2.44 bits per heavy atom. The summed E-state index contributed by atoms with van der Waals surface area (Å²) in [6, 6.07) is 0.275. The van der Waals surface area contributed by atoms with Crippen LogP contribution in [-0.2, 0) is 4.74 Å². The molecule has 0 unspecified atom stereocenters. The zero-order valence-corrected chi connectivity index (χ0v) is 11.4. The van der Waals surface area contributed by atoms with Gasteiger partial charge >= 0.3 is 0 Å². The van der Waals surface area contributed by atoms with Gasteiger partial charge in [-0.1, -0.05) is 24.3 Å². The van der Waals surface area contributed by atoms with E-state index in [9.17, 15) is 5.11 Å². The maximum absolute atomic E-state index is 10.9. The van der Waals surface area contributed by atoms with Gasteiger partial charge in [-0.25, -0.2) is 0 Å². The molecule has 0 bridgehead atoms. The van der Waals surface area contributed by atoms with Crippen molar-refractivity contribution in [3.05, 3.63) is 24.3 Å². The second kappa shape index (κ2) is 5.13. The maximum Gasteiger partial charge on any atom is 0.232 e.